The van der Waals surface area contributed by atoms with E-state index in [4.69, 9.17) is 28.7 Å². The van der Waals surface area contributed by atoms with Crippen LogP contribution in [-0.2, 0) is 66.1 Å². The van der Waals surface area contributed by atoms with Crippen molar-refractivity contribution in [3.05, 3.63) is 71.8 Å². The predicted octanol–water partition coefficient (Wildman–Crippen LogP) is -4.11. The van der Waals surface area contributed by atoms with Gasteiger partial charge in [-0.1, -0.05) is 94.8 Å². The quantitative estimate of drug-likeness (QED) is 0.0133. The topological polar surface area (TPSA) is 479 Å². The normalized spacial score (nSPS) is 15.0. The maximum Gasteiger partial charge on any atom is 0.267 e. The smallest absolute Gasteiger partial charge is 0.267 e. The fourth-order valence-corrected chi connectivity index (χ4v) is 8.37. The number of carbonyl (C=O) groups is 8. The number of guanidine groups is 2. The zero-order valence-corrected chi connectivity index (χ0v) is 46.5. The van der Waals surface area contributed by atoms with Crippen LogP contribution in [0.3, 0.4) is 0 Å². The van der Waals surface area contributed by atoms with Crippen molar-refractivity contribution in [2.75, 3.05) is 25.4 Å². The Bertz CT molecular complexity index is 2530. The molecule has 2 aromatic carbocycles. The Hall–Kier alpha value is -7.76. The predicted molar refractivity (Wildman–Crippen MR) is 297 cm³/mol. The van der Waals surface area contributed by atoms with E-state index in [-0.39, 0.29) is 69.5 Å². The molecule has 0 heterocycles. The summed E-state index contributed by atoms with van der Waals surface area (Å²) in [6.45, 7) is 7.60. The molecule has 0 bridgehead atoms. The number of carbonyl (C=O) groups excluding carboxylic acids is 9. The molecule has 0 aliphatic rings. The minimum atomic E-state index is -5.08. The Balaban J connectivity index is 2.36. The van der Waals surface area contributed by atoms with E-state index < -0.39 is 130 Å². The van der Waals surface area contributed by atoms with Gasteiger partial charge in [0.2, 0.25) is 53.5 Å². The highest BCUT2D eigenvalue weighted by Crippen LogP contribution is 2.13. The van der Waals surface area contributed by atoms with E-state index in [1.165, 1.54) is 6.92 Å². The first-order valence-corrected chi connectivity index (χ1v) is 27.6. The van der Waals surface area contributed by atoms with Crippen LogP contribution in [0, 0.1) is 11.8 Å². The number of rotatable bonds is 36. The number of nitrogens with zero attached hydrogens (tertiary/aromatic N) is 2. The summed E-state index contributed by atoms with van der Waals surface area (Å²) in [5, 5.41) is 30.1. The average Bonchev–Trinajstić information content (AvgIpc) is 3.39. The van der Waals surface area contributed by atoms with Crippen molar-refractivity contribution in [1.29, 1.82) is 0 Å². The Morgan fingerprint density at radius 3 is 1.49 bits per heavy atom. The third kappa shape index (κ3) is 26.3. The number of hydrogen-bond acceptors (Lipinski definition) is 15. The number of nitrogens with two attached hydrogens (primary N) is 5. The molecule has 20 N–H and O–H groups in total. The van der Waals surface area contributed by atoms with Crippen molar-refractivity contribution < 1.29 is 61.2 Å². The van der Waals surface area contributed by atoms with E-state index in [1.807, 2.05) is 13.8 Å². The Labute approximate surface area is 465 Å². The number of aliphatic hydroxyl groups is 1. The van der Waals surface area contributed by atoms with Gasteiger partial charge >= 0.3 is 0 Å². The summed E-state index contributed by atoms with van der Waals surface area (Å²) < 4.78 is 34.4. The average molecular weight is 1140 g/mol. The molecule has 0 aromatic heterocycles. The molecule has 80 heavy (non-hydrogen) atoms. The highest BCUT2D eigenvalue weighted by Gasteiger charge is 2.36. The number of amides is 8. The van der Waals surface area contributed by atoms with Crippen LogP contribution in [0.5, 0.6) is 0 Å². The van der Waals surface area contributed by atoms with E-state index in [2.05, 4.69) is 52.5 Å². The lowest BCUT2D eigenvalue weighted by Gasteiger charge is -2.29. The van der Waals surface area contributed by atoms with Crippen molar-refractivity contribution >= 4 is 75.6 Å². The van der Waals surface area contributed by atoms with E-state index >= 15 is 0 Å². The second-order valence-corrected chi connectivity index (χ2v) is 21.0. The van der Waals surface area contributed by atoms with Crippen LogP contribution in [-0.4, -0.2) is 163 Å². The minimum absolute atomic E-state index is 0.0334. The second-order valence-electron chi connectivity index (χ2n) is 19.5. The molecule has 2 unspecified atom stereocenters. The van der Waals surface area contributed by atoms with Gasteiger partial charge in [0.15, 0.2) is 11.9 Å². The van der Waals surface area contributed by atoms with Crippen molar-refractivity contribution in [2.24, 2.45) is 50.5 Å². The zero-order valence-electron chi connectivity index (χ0n) is 45.7. The summed E-state index contributed by atoms with van der Waals surface area (Å²) in [6, 6.07) is 3.43. The number of aliphatic imine (C=N–C) groups is 2. The van der Waals surface area contributed by atoms with Gasteiger partial charge < -0.3 is 76.3 Å². The molecule has 10 atom stereocenters. The molecule has 28 nitrogen and oxygen atoms in total. The van der Waals surface area contributed by atoms with Crippen LogP contribution in [0.2, 0.25) is 0 Å². The second kappa shape index (κ2) is 35.0. The first-order valence-electron chi connectivity index (χ1n) is 26.0. The zero-order chi connectivity index (χ0) is 60.1. The fourth-order valence-electron chi connectivity index (χ4n) is 7.71. The van der Waals surface area contributed by atoms with E-state index in [1.54, 1.807) is 80.8 Å². The molecule has 0 fully saturated rings. The first kappa shape index (κ1) is 68.3. The third-order valence-electron chi connectivity index (χ3n) is 12.3. The molecule has 8 amide bonds. The van der Waals surface area contributed by atoms with E-state index in [0.29, 0.717) is 24.0 Å². The Kier molecular flexibility index (Phi) is 29.9. The van der Waals surface area contributed by atoms with E-state index in [0.717, 1.165) is 0 Å². The molecule has 0 saturated carbocycles. The van der Waals surface area contributed by atoms with Crippen LogP contribution in [0.25, 0.3) is 0 Å². The molecule has 0 saturated heterocycles. The maximum atomic E-state index is 14.2. The third-order valence-corrected chi connectivity index (χ3v) is 13.0. The Morgan fingerprint density at radius 1 is 0.575 bits per heavy atom. The lowest BCUT2D eigenvalue weighted by molar-refractivity contribution is -0.136. The van der Waals surface area contributed by atoms with Crippen LogP contribution in [0.15, 0.2) is 70.6 Å². The molecule has 1 radical (unpaired) electrons. The largest absolute Gasteiger partial charge is 0.394 e. The molecule has 2 aromatic rings. The van der Waals surface area contributed by atoms with E-state index in [9.17, 15) is 61.2 Å². The number of hydrogen-bond donors (Lipinski definition) is 15. The first-order chi connectivity index (χ1) is 37.7. The summed E-state index contributed by atoms with van der Waals surface area (Å²) in [5.74, 6) is -10.0. The van der Waals surface area contributed by atoms with Crippen molar-refractivity contribution in [3.63, 3.8) is 0 Å². The van der Waals surface area contributed by atoms with Gasteiger partial charge in [-0.3, -0.25) is 57.7 Å². The van der Waals surface area contributed by atoms with Crippen molar-refractivity contribution in [1.82, 2.24) is 42.5 Å². The van der Waals surface area contributed by atoms with Gasteiger partial charge in [0, 0.05) is 25.9 Å². The van der Waals surface area contributed by atoms with Gasteiger partial charge in [0.25, 0.3) is 10.1 Å². The number of nitrogens with one attached hydrogen (secondary N) is 8. The highest BCUT2D eigenvalue weighted by molar-refractivity contribution is 7.85. The maximum absolute atomic E-state index is 14.2. The standard InChI is InChI=1S/C51H80N15O13S/c1-6-30(4)41(66-42(69)31(5)59-44(71)36(23-29(2)3)61-43(70)35(52)20-14-22-58-51(55)56)49(76)63-38(25-33-17-11-8-12-18-33)46(73)64-39(27-68)47(74)65-40(28-80(77,78)79)48(75)62-37(24-32-15-9-7-10-16-32)45(72)60-34(26-67)19-13-21-57-50(53)54/h7-12,15-18,29-31,34-41,68H,6,13-14,19-25,27-28,52H2,1-5H3,(H,59,71)(H,60,72)(H,61,70)(H,62,75)(H,63,76)(H,64,73)(H,65,74)(H,66,69)(H4,53,54,57)(H4,55,56,58)(H,77,78,79)/t30-,31-,34?,35-,36-,37-,38-,39-,40?,41-/m0/s1. The summed E-state index contributed by atoms with van der Waals surface area (Å²) >= 11 is 0. The van der Waals surface area contributed by atoms with Crippen LogP contribution in [0.1, 0.15) is 84.3 Å². The number of benzene rings is 2. The molecule has 2 rings (SSSR count). The molecule has 0 spiro atoms. The molecular formula is C51H80N15O13S. The molecular weight excluding hydrogens is 1060 g/mol. The van der Waals surface area contributed by atoms with Gasteiger partial charge in [0.1, 0.15) is 48.0 Å². The highest BCUT2D eigenvalue weighted by atomic mass is 32.2. The van der Waals surface area contributed by atoms with Gasteiger partial charge in [-0.2, -0.15) is 8.42 Å². The summed E-state index contributed by atoms with van der Waals surface area (Å²) in [7, 11) is -5.08. The lowest BCUT2D eigenvalue weighted by atomic mass is 9.96. The van der Waals surface area contributed by atoms with Gasteiger partial charge in [0.05, 0.1) is 18.7 Å². The Morgan fingerprint density at radius 2 is 1.01 bits per heavy atom. The van der Waals surface area contributed by atoms with Crippen molar-refractivity contribution in [3.8, 4) is 0 Å². The van der Waals surface area contributed by atoms with Crippen molar-refractivity contribution in [2.45, 2.75) is 140 Å². The van der Waals surface area contributed by atoms with Crippen LogP contribution < -0.4 is 71.2 Å². The van der Waals surface area contributed by atoms with Crippen LogP contribution >= 0.6 is 0 Å². The molecule has 0 aliphatic carbocycles. The summed E-state index contributed by atoms with van der Waals surface area (Å²) in [6.07, 6.45) is 2.63. The van der Waals surface area contributed by atoms with Gasteiger partial charge in [-0.05, 0) is 62.0 Å². The summed E-state index contributed by atoms with van der Waals surface area (Å²) in [5.41, 5.74) is 28.5. The monoisotopic (exact) mass is 1140 g/mol. The van der Waals surface area contributed by atoms with Crippen LogP contribution in [0.4, 0.5) is 0 Å². The van der Waals surface area contributed by atoms with Gasteiger partial charge in [-0.15, -0.1) is 0 Å². The molecule has 0 aliphatic heterocycles. The molecule has 29 heteroatoms. The van der Waals surface area contributed by atoms with Gasteiger partial charge in [-0.25, -0.2) is 0 Å². The minimum Gasteiger partial charge on any atom is -0.394 e. The SMILES string of the molecule is CC[C@H](C)[C@H](NC(=O)[C@H](C)NC(=O)[C@H](CC(C)C)NC(=O)[C@@H](N)CCCN=C(N)N)C(=O)N[C@@H](Cc1ccccc1)C(=O)N[C@@H](CO)C(=O)NC(CS(=O)(=O)O)C(=O)N[C@@H](Cc1ccccc1)C(=O)NC([C]=O)CCCN=C(N)N. The molecule has 443 valence electrons. The lowest BCUT2D eigenvalue weighted by Crippen LogP contribution is -2.62. The fraction of sp³-hybridized carbons (Fsp3) is 0.549. The number of aliphatic hydroxyl groups excluding tert-OH is 1. The summed E-state index contributed by atoms with van der Waals surface area (Å²) in [4.78, 5) is 130.